The van der Waals surface area contributed by atoms with Crippen molar-refractivity contribution in [1.29, 1.82) is 0 Å². The summed E-state index contributed by atoms with van der Waals surface area (Å²) < 4.78 is 27.5. The summed E-state index contributed by atoms with van der Waals surface area (Å²) in [6, 6.07) is 0.360. The molecule has 0 aliphatic rings. The van der Waals surface area contributed by atoms with Crippen molar-refractivity contribution < 1.29 is 17.9 Å². The van der Waals surface area contributed by atoms with Crippen LogP contribution < -0.4 is 5.32 Å². The van der Waals surface area contributed by atoms with E-state index in [1.54, 1.807) is 0 Å². The third-order valence-corrected chi connectivity index (χ3v) is 4.34. The highest BCUT2D eigenvalue weighted by Crippen LogP contribution is 2.05. The van der Waals surface area contributed by atoms with Crippen LogP contribution in [0, 0.1) is 0 Å². The first-order valence-corrected chi connectivity index (χ1v) is 8.28. The van der Waals surface area contributed by atoms with Crippen LogP contribution in [-0.4, -0.2) is 45.6 Å². The quantitative estimate of drug-likeness (QED) is 0.607. The number of rotatable bonds is 10. The van der Waals surface area contributed by atoms with Gasteiger partial charge >= 0.3 is 5.97 Å². The summed E-state index contributed by atoms with van der Waals surface area (Å²) in [6.07, 6.45) is 3.44. The van der Waals surface area contributed by atoms with E-state index in [0.717, 1.165) is 25.8 Å². The van der Waals surface area contributed by atoms with E-state index in [9.17, 15) is 13.2 Å². The highest BCUT2D eigenvalue weighted by atomic mass is 32.2. The Balaban J connectivity index is 3.97. The van der Waals surface area contributed by atoms with Crippen molar-refractivity contribution in [3.05, 3.63) is 0 Å². The largest absolute Gasteiger partial charge is 0.468 e. The summed E-state index contributed by atoms with van der Waals surface area (Å²) in [6.45, 7) is 5.13. The molecule has 108 valence electrons. The molecule has 0 saturated carbocycles. The van der Waals surface area contributed by atoms with Gasteiger partial charge in [-0.05, 0) is 32.2 Å². The van der Waals surface area contributed by atoms with Crippen LogP contribution >= 0.6 is 0 Å². The molecule has 0 aromatic rings. The number of hydrogen-bond acceptors (Lipinski definition) is 5. The van der Waals surface area contributed by atoms with Gasteiger partial charge in [0, 0.05) is 6.04 Å². The SMILES string of the molecule is CCCNC(CC)CCCS(=O)(=O)CC(=O)OC. The van der Waals surface area contributed by atoms with Gasteiger partial charge in [-0.25, -0.2) is 8.42 Å². The number of methoxy groups -OCH3 is 1. The zero-order chi connectivity index (χ0) is 14.0. The summed E-state index contributed by atoms with van der Waals surface area (Å²) >= 11 is 0. The van der Waals surface area contributed by atoms with E-state index in [4.69, 9.17) is 0 Å². The number of carbonyl (C=O) groups excluding carboxylic acids is 1. The molecule has 6 heteroatoms. The molecule has 1 N–H and O–H groups in total. The molecular weight excluding hydrogens is 254 g/mol. The number of esters is 1. The van der Waals surface area contributed by atoms with Gasteiger partial charge in [0.15, 0.2) is 9.84 Å². The molecule has 0 bridgehead atoms. The molecule has 0 fully saturated rings. The van der Waals surface area contributed by atoms with Gasteiger partial charge in [-0.1, -0.05) is 13.8 Å². The van der Waals surface area contributed by atoms with Crippen LogP contribution in [0.15, 0.2) is 0 Å². The van der Waals surface area contributed by atoms with Crippen molar-refractivity contribution in [3.8, 4) is 0 Å². The van der Waals surface area contributed by atoms with Gasteiger partial charge in [-0.2, -0.15) is 0 Å². The fraction of sp³-hybridized carbons (Fsp3) is 0.917. The number of hydrogen-bond donors (Lipinski definition) is 1. The summed E-state index contributed by atoms with van der Waals surface area (Å²) in [5, 5.41) is 3.37. The van der Waals surface area contributed by atoms with Crippen molar-refractivity contribution >= 4 is 15.8 Å². The molecule has 0 aliphatic heterocycles. The smallest absolute Gasteiger partial charge is 0.320 e. The van der Waals surface area contributed by atoms with Crippen LogP contribution in [0.4, 0.5) is 0 Å². The summed E-state index contributed by atoms with van der Waals surface area (Å²) in [5.41, 5.74) is 0. The lowest BCUT2D eigenvalue weighted by Gasteiger charge is -2.16. The van der Waals surface area contributed by atoms with Gasteiger partial charge in [0.1, 0.15) is 5.75 Å². The lowest BCUT2D eigenvalue weighted by atomic mass is 10.1. The average molecular weight is 279 g/mol. The predicted molar refractivity (Wildman–Crippen MR) is 72.3 cm³/mol. The Morgan fingerprint density at radius 2 is 2.00 bits per heavy atom. The van der Waals surface area contributed by atoms with Crippen LogP contribution in [-0.2, 0) is 19.4 Å². The van der Waals surface area contributed by atoms with Crippen LogP contribution in [0.25, 0.3) is 0 Å². The van der Waals surface area contributed by atoms with E-state index in [1.807, 2.05) is 0 Å². The Morgan fingerprint density at radius 3 is 2.50 bits per heavy atom. The summed E-state index contributed by atoms with van der Waals surface area (Å²) in [5.74, 6) is -1.15. The fourth-order valence-corrected chi connectivity index (χ4v) is 2.89. The van der Waals surface area contributed by atoms with Gasteiger partial charge in [0.2, 0.25) is 0 Å². The van der Waals surface area contributed by atoms with Crippen molar-refractivity contribution in [2.75, 3.05) is 25.2 Å². The lowest BCUT2D eigenvalue weighted by molar-refractivity contribution is -0.137. The van der Waals surface area contributed by atoms with E-state index in [0.29, 0.717) is 12.5 Å². The molecule has 0 rings (SSSR count). The molecule has 0 saturated heterocycles. The van der Waals surface area contributed by atoms with Crippen molar-refractivity contribution in [1.82, 2.24) is 5.32 Å². The third-order valence-electron chi connectivity index (χ3n) is 2.75. The van der Waals surface area contributed by atoms with Gasteiger partial charge < -0.3 is 10.1 Å². The molecule has 0 aromatic carbocycles. The first-order chi connectivity index (χ1) is 8.45. The van der Waals surface area contributed by atoms with Gasteiger partial charge in [0.25, 0.3) is 0 Å². The average Bonchev–Trinajstić information content (AvgIpc) is 2.32. The van der Waals surface area contributed by atoms with Crippen LogP contribution in [0.1, 0.15) is 39.5 Å². The fourth-order valence-electron chi connectivity index (χ4n) is 1.66. The topological polar surface area (TPSA) is 72.5 Å². The Hall–Kier alpha value is -0.620. The lowest BCUT2D eigenvalue weighted by Crippen LogP contribution is -2.30. The normalized spacial score (nSPS) is 13.3. The van der Waals surface area contributed by atoms with E-state index >= 15 is 0 Å². The molecule has 0 amide bonds. The number of sulfone groups is 1. The molecular formula is C12H25NO4S. The second-order valence-electron chi connectivity index (χ2n) is 4.37. The molecule has 1 atom stereocenters. The van der Waals surface area contributed by atoms with Gasteiger partial charge in [0.05, 0.1) is 12.9 Å². The third kappa shape index (κ3) is 8.47. The zero-order valence-electron chi connectivity index (χ0n) is 11.6. The molecule has 0 aliphatic carbocycles. The van der Waals surface area contributed by atoms with E-state index < -0.39 is 21.6 Å². The van der Waals surface area contributed by atoms with Crippen molar-refractivity contribution in [3.63, 3.8) is 0 Å². The molecule has 0 spiro atoms. The second kappa shape index (κ2) is 9.33. The molecule has 0 aromatic heterocycles. The summed E-state index contributed by atoms with van der Waals surface area (Å²) in [4.78, 5) is 10.9. The number of ether oxygens (including phenoxy) is 1. The Bertz CT molecular complexity index is 327. The van der Waals surface area contributed by atoms with Gasteiger partial charge in [-0.3, -0.25) is 4.79 Å². The van der Waals surface area contributed by atoms with Crippen LogP contribution in [0.3, 0.4) is 0 Å². The first-order valence-electron chi connectivity index (χ1n) is 6.45. The van der Waals surface area contributed by atoms with Crippen molar-refractivity contribution in [2.24, 2.45) is 0 Å². The first kappa shape index (κ1) is 17.4. The molecule has 0 heterocycles. The number of carbonyl (C=O) groups is 1. The minimum absolute atomic E-state index is 0.0480. The van der Waals surface area contributed by atoms with Crippen molar-refractivity contribution in [2.45, 2.75) is 45.6 Å². The monoisotopic (exact) mass is 279 g/mol. The zero-order valence-corrected chi connectivity index (χ0v) is 12.4. The Kier molecular flexibility index (Phi) is 9.01. The van der Waals surface area contributed by atoms with Crippen LogP contribution in [0.5, 0.6) is 0 Å². The Labute approximate surface area is 110 Å². The predicted octanol–water partition coefficient (Wildman–Crippen LogP) is 1.13. The Morgan fingerprint density at radius 1 is 1.33 bits per heavy atom. The maximum atomic E-state index is 11.6. The standard InChI is InChI=1S/C12H25NO4S/c1-4-8-13-11(5-2)7-6-9-18(15,16)10-12(14)17-3/h11,13H,4-10H2,1-3H3. The minimum Gasteiger partial charge on any atom is -0.468 e. The minimum atomic E-state index is -3.32. The molecule has 18 heavy (non-hydrogen) atoms. The van der Waals surface area contributed by atoms with E-state index in [1.165, 1.54) is 7.11 Å². The maximum Gasteiger partial charge on any atom is 0.320 e. The summed E-state index contributed by atoms with van der Waals surface area (Å²) in [7, 11) is -2.13. The highest BCUT2D eigenvalue weighted by molar-refractivity contribution is 7.92. The van der Waals surface area contributed by atoms with E-state index in [-0.39, 0.29) is 5.75 Å². The second-order valence-corrected chi connectivity index (χ2v) is 6.55. The molecule has 5 nitrogen and oxygen atoms in total. The molecule has 0 radical (unpaired) electrons. The van der Waals surface area contributed by atoms with Gasteiger partial charge in [-0.15, -0.1) is 0 Å². The van der Waals surface area contributed by atoms with E-state index in [2.05, 4.69) is 23.9 Å². The maximum absolute atomic E-state index is 11.6. The highest BCUT2D eigenvalue weighted by Gasteiger charge is 2.17. The van der Waals surface area contributed by atoms with Crippen LogP contribution in [0.2, 0.25) is 0 Å². The molecule has 1 unspecified atom stereocenters. The number of nitrogens with one attached hydrogen (secondary N) is 1.